The molecule has 2 atom stereocenters. The Labute approximate surface area is 125 Å². The minimum Gasteiger partial charge on any atom is -0.494 e. The van der Waals surface area contributed by atoms with E-state index in [9.17, 15) is 0 Å². The number of nitrogen functional groups attached to an aromatic ring is 1. The summed E-state index contributed by atoms with van der Waals surface area (Å²) in [7, 11) is 0. The highest BCUT2D eigenvalue weighted by Crippen LogP contribution is 2.31. The molecule has 1 aliphatic rings. The quantitative estimate of drug-likeness (QED) is 0.755. The summed E-state index contributed by atoms with van der Waals surface area (Å²) < 4.78 is 5.48. The second-order valence-corrected chi connectivity index (χ2v) is 5.30. The van der Waals surface area contributed by atoms with E-state index >= 15 is 0 Å². The third kappa shape index (κ3) is 3.17. The van der Waals surface area contributed by atoms with Crippen molar-refractivity contribution in [1.29, 1.82) is 0 Å². The molecule has 0 saturated carbocycles. The maximum atomic E-state index is 5.73. The number of nitrogens with one attached hydrogen (secondary N) is 2. The van der Waals surface area contributed by atoms with E-state index in [1.54, 1.807) is 0 Å². The largest absolute Gasteiger partial charge is 0.494 e. The fourth-order valence-corrected chi connectivity index (χ4v) is 2.68. The summed E-state index contributed by atoms with van der Waals surface area (Å²) in [6.45, 7) is 2.69. The predicted octanol–water partition coefficient (Wildman–Crippen LogP) is 2.95. The van der Waals surface area contributed by atoms with E-state index in [4.69, 9.17) is 10.5 Å². The predicted molar refractivity (Wildman–Crippen MR) is 84.8 cm³/mol. The molecule has 2 aromatic rings. The van der Waals surface area contributed by atoms with Gasteiger partial charge in [0.15, 0.2) is 0 Å². The molecule has 2 unspecified atom stereocenters. The number of hydrogen-bond acceptors (Lipinski definition) is 4. The normalized spacial score (nSPS) is 21.4. The van der Waals surface area contributed by atoms with Crippen molar-refractivity contribution in [2.24, 2.45) is 0 Å². The fourth-order valence-electron chi connectivity index (χ4n) is 2.68. The summed E-state index contributed by atoms with van der Waals surface area (Å²) in [4.78, 5) is 0. The van der Waals surface area contributed by atoms with Crippen LogP contribution in [0.25, 0.3) is 0 Å². The Kier molecular flexibility index (Phi) is 4.08. The lowest BCUT2D eigenvalue weighted by molar-refractivity contribution is 0.340. The van der Waals surface area contributed by atoms with Crippen molar-refractivity contribution in [3.05, 3.63) is 59.7 Å². The molecule has 0 amide bonds. The number of rotatable bonds is 4. The molecule has 4 N–H and O–H groups in total. The van der Waals surface area contributed by atoms with Gasteiger partial charge in [-0.25, -0.2) is 10.9 Å². The zero-order valence-corrected chi connectivity index (χ0v) is 12.2. The molecule has 1 aliphatic heterocycles. The zero-order chi connectivity index (χ0) is 14.7. The number of ether oxygens (including phenoxy) is 1. The summed E-state index contributed by atoms with van der Waals surface area (Å²) in [5, 5.41) is 0. The molecular formula is C17H21N3O. The summed E-state index contributed by atoms with van der Waals surface area (Å²) in [6.07, 6.45) is 1.01. The number of anilines is 1. The van der Waals surface area contributed by atoms with E-state index in [0.717, 1.165) is 17.9 Å². The van der Waals surface area contributed by atoms with Crippen molar-refractivity contribution in [2.45, 2.75) is 25.4 Å². The Hall–Kier alpha value is -2.04. The Bertz CT molecular complexity index is 580. The molecule has 0 aromatic heterocycles. The van der Waals surface area contributed by atoms with Crippen molar-refractivity contribution in [3.63, 3.8) is 0 Å². The number of nitrogens with two attached hydrogens (primary N) is 1. The van der Waals surface area contributed by atoms with Gasteiger partial charge in [0.2, 0.25) is 0 Å². The average molecular weight is 283 g/mol. The minimum absolute atomic E-state index is 0.308. The van der Waals surface area contributed by atoms with Crippen LogP contribution in [0.5, 0.6) is 5.75 Å². The Morgan fingerprint density at radius 1 is 0.952 bits per heavy atom. The van der Waals surface area contributed by atoms with Gasteiger partial charge in [-0.05, 0) is 48.7 Å². The molecule has 21 heavy (non-hydrogen) atoms. The molecule has 0 aliphatic carbocycles. The number of benzene rings is 2. The first kappa shape index (κ1) is 13.9. The van der Waals surface area contributed by atoms with Crippen LogP contribution in [0.1, 0.15) is 36.6 Å². The maximum Gasteiger partial charge on any atom is 0.119 e. The van der Waals surface area contributed by atoms with Gasteiger partial charge >= 0.3 is 0 Å². The van der Waals surface area contributed by atoms with Crippen LogP contribution < -0.4 is 21.3 Å². The van der Waals surface area contributed by atoms with E-state index in [0.29, 0.717) is 18.7 Å². The molecule has 1 fully saturated rings. The topological polar surface area (TPSA) is 59.3 Å². The SMILES string of the molecule is CCOc1ccc(C2CC(c3ccc(N)cc3)NN2)cc1. The van der Waals surface area contributed by atoms with Crippen molar-refractivity contribution in [2.75, 3.05) is 12.3 Å². The van der Waals surface area contributed by atoms with Gasteiger partial charge in [-0.2, -0.15) is 0 Å². The zero-order valence-electron chi connectivity index (χ0n) is 12.2. The first-order valence-corrected chi connectivity index (χ1v) is 7.35. The molecule has 1 saturated heterocycles. The van der Waals surface area contributed by atoms with Crippen LogP contribution in [0.4, 0.5) is 5.69 Å². The lowest BCUT2D eigenvalue weighted by atomic mass is 9.97. The first-order valence-electron chi connectivity index (χ1n) is 7.35. The molecular weight excluding hydrogens is 262 g/mol. The molecule has 4 nitrogen and oxygen atoms in total. The van der Waals surface area contributed by atoms with Crippen molar-refractivity contribution in [1.82, 2.24) is 10.9 Å². The van der Waals surface area contributed by atoms with Crippen molar-refractivity contribution < 1.29 is 4.74 Å². The summed E-state index contributed by atoms with van der Waals surface area (Å²) in [6, 6.07) is 17.0. The standard InChI is InChI=1S/C17H21N3O/c1-2-21-15-9-5-13(6-10-15)17-11-16(19-20-17)12-3-7-14(18)8-4-12/h3-10,16-17,19-20H,2,11,18H2,1H3. The third-order valence-electron chi connectivity index (χ3n) is 3.84. The smallest absolute Gasteiger partial charge is 0.119 e. The van der Waals surface area contributed by atoms with Crippen LogP contribution >= 0.6 is 0 Å². The van der Waals surface area contributed by atoms with E-state index in [1.807, 2.05) is 31.2 Å². The van der Waals surface area contributed by atoms with Crippen LogP contribution in [0, 0.1) is 0 Å². The number of hydrazine groups is 1. The van der Waals surface area contributed by atoms with Crippen LogP contribution in [0.2, 0.25) is 0 Å². The van der Waals surface area contributed by atoms with Gasteiger partial charge in [0.1, 0.15) is 5.75 Å². The number of hydrogen-bond donors (Lipinski definition) is 3. The van der Waals surface area contributed by atoms with Gasteiger partial charge in [0.25, 0.3) is 0 Å². The molecule has 1 heterocycles. The molecule has 110 valence electrons. The summed E-state index contributed by atoms with van der Waals surface area (Å²) in [5.74, 6) is 0.919. The van der Waals surface area contributed by atoms with Crippen LogP contribution in [0.3, 0.4) is 0 Å². The monoisotopic (exact) mass is 283 g/mol. The van der Waals surface area contributed by atoms with Crippen LogP contribution in [-0.2, 0) is 0 Å². The molecule has 3 rings (SSSR count). The fraction of sp³-hybridized carbons (Fsp3) is 0.294. The van der Waals surface area contributed by atoms with Crippen molar-refractivity contribution >= 4 is 5.69 Å². The van der Waals surface area contributed by atoms with Gasteiger partial charge in [-0.15, -0.1) is 0 Å². The van der Waals surface area contributed by atoms with E-state index < -0.39 is 0 Å². The molecule has 0 radical (unpaired) electrons. The summed E-state index contributed by atoms with van der Waals surface area (Å²) >= 11 is 0. The van der Waals surface area contributed by atoms with Crippen LogP contribution in [0.15, 0.2) is 48.5 Å². The molecule has 2 aromatic carbocycles. The average Bonchev–Trinajstić information content (AvgIpc) is 2.99. The highest BCUT2D eigenvalue weighted by Gasteiger charge is 2.25. The highest BCUT2D eigenvalue weighted by atomic mass is 16.5. The van der Waals surface area contributed by atoms with Gasteiger partial charge in [0, 0.05) is 17.8 Å². The first-order chi connectivity index (χ1) is 10.3. The lowest BCUT2D eigenvalue weighted by Gasteiger charge is -2.11. The van der Waals surface area contributed by atoms with Crippen molar-refractivity contribution in [3.8, 4) is 5.75 Å². The van der Waals surface area contributed by atoms with Gasteiger partial charge in [-0.3, -0.25) is 0 Å². The van der Waals surface area contributed by atoms with E-state index in [-0.39, 0.29) is 0 Å². The molecule has 4 heteroatoms. The second-order valence-electron chi connectivity index (χ2n) is 5.30. The second kappa shape index (κ2) is 6.16. The summed E-state index contributed by atoms with van der Waals surface area (Å²) in [5.41, 5.74) is 15.8. The molecule has 0 bridgehead atoms. The van der Waals surface area contributed by atoms with Gasteiger partial charge < -0.3 is 10.5 Å². The van der Waals surface area contributed by atoms with E-state index in [2.05, 4.69) is 35.1 Å². The Morgan fingerprint density at radius 2 is 1.48 bits per heavy atom. The highest BCUT2D eigenvalue weighted by molar-refractivity contribution is 5.40. The van der Waals surface area contributed by atoms with Gasteiger partial charge in [-0.1, -0.05) is 24.3 Å². The molecule has 0 spiro atoms. The Balaban J connectivity index is 1.67. The van der Waals surface area contributed by atoms with Crippen LogP contribution in [-0.4, -0.2) is 6.61 Å². The minimum atomic E-state index is 0.308. The Morgan fingerprint density at radius 3 is 2.00 bits per heavy atom. The lowest BCUT2D eigenvalue weighted by Crippen LogP contribution is -2.26. The maximum absolute atomic E-state index is 5.73. The van der Waals surface area contributed by atoms with Gasteiger partial charge in [0.05, 0.1) is 6.61 Å². The van der Waals surface area contributed by atoms with E-state index in [1.165, 1.54) is 11.1 Å². The third-order valence-corrected chi connectivity index (χ3v) is 3.84.